The molecule has 0 fully saturated rings. The van der Waals surface area contributed by atoms with Gasteiger partial charge < -0.3 is 11.1 Å². The summed E-state index contributed by atoms with van der Waals surface area (Å²) in [5, 5.41) is 7.34. The number of fused-ring (bicyclic) bond motifs is 4. The van der Waals surface area contributed by atoms with Gasteiger partial charge in [0.25, 0.3) is 0 Å². The molecule has 5 aromatic rings. The molecule has 1 aliphatic rings. The summed E-state index contributed by atoms with van der Waals surface area (Å²) in [5.74, 6) is 0.414. The molecule has 0 bridgehead atoms. The van der Waals surface area contributed by atoms with E-state index in [0.29, 0.717) is 11.5 Å². The molecule has 34 heavy (non-hydrogen) atoms. The number of hydrogen-bond donors (Lipinski definition) is 2. The fraction of sp³-hybridized carbons (Fsp3) is 0.107. The van der Waals surface area contributed by atoms with E-state index in [1.807, 2.05) is 53.9 Å². The molecule has 3 aromatic carbocycles. The molecular weight excluding hydrogens is 440 g/mol. The Morgan fingerprint density at radius 3 is 2.65 bits per heavy atom. The molecule has 2 aromatic heterocycles. The molecule has 0 spiro atoms. The number of anilines is 2. The van der Waals surface area contributed by atoms with Crippen LogP contribution in [0.25, 0.3) is 32.6 Å². The standard InChI is InChI=1S/C28H22N4OS/c29-21-10-11-22-20(16-21)9-12-23-26(22)32-27(24-6-3-13-34-24)28(30-23)31-25(33)15-17-7-8-18-4-1-2-5-19(18)14-17/h1-8,10-11,13-14,16H,9,12,15,29H2,(H,30,31,33). The van der Waals surface area contributed by atoms with Crippen molar-refractivity contribution < 1.29 is 4.79 Å². The first-order valence-corrected chi connectivity index (χ1v) is 12.1. The number of aromatic nitrogens is 2. The lowest BCUT2D eigenvalue weighted by molar-refractivity contribution is -0.115. The average Bonchev–Trinajstić information content (AvgIpc) is 3.38. The van der Waals surface area contributed by atoms with Gasteiger partial charge in [0.1, 0.15) is 5.69 Å². The number of rotatable bonds is 4. The van der Waals surface area contributed by atoms with Crippen molar-refractivity contribution in [2.75, 3.05) is 11.1 Å². The molecule has 1 amide bonds. The molecule has 0 aliphatic heterocycles. The molecule has 0 atom stereocenters. The van der Waals surface area contributed by atoms with Crippen molar-refractivity contribution in [3.8, 4) is 21.8 Å². The third-order valence-electron chi connectivity index (χ3n) is 6.17. The number of nitrogens with one attached hydrogen (secondary N) is 1. The zero-order valence-electron chi connectivity index (χ0n) is 18.4. The summed E-state index contributed by atoms with van der Waals surface area (Å²) in [6.45, 7) is 0. The molecule has 5 nitrogen and oxygen atoms in total. The number of hydrogen-bond acceptors (Lipinski definition) is 5. The van der Waals surface area contributed by atoms with E-state index < -0.39 is 0 Å². The number of amides is 1. The zero-order valence-corrected chi connectivity index (χ0v) is 19.2. The molecular formula is C28H22N4OS. The third kappa shape index (κ3) is 3.82. The van der Waals surface area contributed by atoms with E-state index in [1.54, 1.807) is 11.3 Å². The maximum Gasteiger partial charge on any atom is 0.230 e. The van der Waals surface area contributed by atoms with Gasteiger partial charge in [-0.05, 0) is 58.3 Å². The molecule has 6 rings (SSSR count). The highest BCUT2D eigenvalue weighted by Gasteiger charge is 2.23. The number of benzene rings is 3. The van der Waals surface area contributed by atoms with Gasteiger partial charge in [-0.3, -0.25) is 4.79 Å². The van der Waals surface area contributed by atoms with E-state index in [0.717, 1.165) is 56.7 Å². The van der Waals surface area contributed by atoms with Gasteiger partial charge in [-0.1, -0.05) is 54.6 Å². The maximum absolute atomic E-state index is 13.1. The molecule has 2 heterocycles. The van der Waals surface area contributed by atoms with Crippen LogP contribution in [-0.4, -0.2) is 15.9 Å². The smallest absolute Gasteiger partial charge is 0.230 e. The lowest BCUT2D eigenvalue weighted by Crippen LogP contribution is -2.18. The fourth-order valence-electron chi connectivity index (χ4n) is 4.55. The summed E-state index contributed by atoms with van der Waals surface area (Å²) in [6.07, 6.45) is 1.89. The number of nitrogen functional groups attached to an aromatic ring is 1. The largest absolute Gasteiger partial charge is 0.399 e. The normalized spacial score (nSPS) is 12.2. The predicted molar refractivity (Wildman–Crippen MR) is 139 cm³/mol. The summed E-state index contributed by atoms with van der Waals surface area (Å²) in [6, 6.07) is 24.2. The molecule has 166 valence electrons. The van der Waals surface area contributed by atoms with Gasteiger partial charge in [0.05, 0.1) is 22.7 Å². The molecule has 0 saturated carbocycles. The van der Waals surface area contributed by atoms with E-state index >= 15 is 0 Å². The molecule has 0 saturated heterocycles. The van der Waals surface area contributed by atoms with E-state index in [2.05, 4.69) is 29.6 Å². The first-order chi connectivity index (χ1) is 16.6. The second kappa shape index (κ2) is 8.39. The van der Waals surface area contributed by atoms with Crippen LogP contribution in [0.4, 0.5) is 11.5 Å². The monoisotopic (exact) mass is 462 g/mol. The number of aryl methyl sites for hydroxylation is 2. The van der Waals surface area contributed by atoms with E-state index in [1.165, 1.54) is 5.56 Å². The number of nitrogens with two attached hydrogens (primary N) is 1. The van der Waals surface area contributed by atoms with Crippen LogP contribution in [0.15, 0.2) is 78.2 Å². The Bertz CT molecular complexity index is 1540. The second-order valence-electron chi connectivity index (χ2n) is 8.52. The minimum Gasteiger partial charge on any atom is -0.399 e. The topological polar surface area (TPSA) is 80.9 Å². The Labute approximate surface area is 201 Å². The van der Waals surface area contributed by atoms with Crippen molar-refractivity contribution in [1.82, 2.24) is 9.97 Å². The van der Waals surface area contributed by atoms with E-state index in [4.69, 9.17) is 15.7 Å². The summed E-state index contributed by atoms with van der Waals surface area (Å²) in [4.78, 5) is 23.9. The first-order valence-electron chi connectivity index (χ1n) is 11.3. The Hall–Kier alpha value is -4.03. The Morgan fingerprint density at radius 2 is 1.79 bits per heavy atom. The number of carbonyl (C=O) groups is 1. The van der Waals surface area contributed by atoms with Crippen LogP contribution in [0.5, 0.6) is 0 Å². The number of nitrogens with zero attached hydrogens (tertiary/aromatic N) is 2. The summed E-state index contributed by atoms with van der Waals surface area (Å²) in [5.41, 5.74) is 12.4. The Morgan fingerprint density at radius 1 is 0.912 bits per heavy atom. The maximum atomic E-state index is 13.1. The van der Waals surface area contributed by atoms with Gasteiger partial charge in [0.2, 0.25) is 5.91 Å². The van der Waals surface area contributed by atoms with Crippen LogP contribution in [-0.2, 0) is 24.1 Å². The van der Waals surface area contributed by atoms with Gasteiger partial charge in [-0.15, -0.1) is 11.3 Å². The van der Waals surface area contributed by atoms with Crippen molar-refractivity contribution >= 4 is 39.5 Å². The van der Waals surface area contributed by atoms with Crippen molar-refractivity contribution in [2.24, 2.45) is 0 Å². The quantitative estimate of drug-likeness (QED) is 0.327. The number of carbonyl (C=O) groups excluding carboxylic acids is 1. The van der Waals surface area contributed by atoms with Gasteiger partial charge in [-0.2, -0.15) is 0 Å². The fourth-order valence-corrected chi connectivity index (χ4v) is 5.26. The lowest BCUT2D eigenvalue weighted by atomic mass is 9.91. The summed E-state index contributed by atoms with van der Waals surface area (Å²) >= 11 is 1.58. The van der Waals surface area contributed by atoms with Crippen LogP contribution in [0.2, 0.25) is 0 Å². The van der Waals surface area contributed by atoms with Gasteiger partial charge >= 0.3 is 0 Å². The SMILES string of the molecule is Nc1ccc2c(c1)CCc1nc(NC(=O)Cc3ccc4ccccc4c3)c(-c3cccs3)nc1-2. The molecule has 0 unspecified atom stereocenters. The van der Waals surface area contributed by atoms with Gasteiger partial charge in [0.15, 0.2) is 5.82 Å². The van der Waals surface area contributed by atoms with Crippen molar-refractivity contribution in [3.05, 3.63) is 95.0 Å². The average molecular weight is 463 g/mol. The van der Waals surface area contributed by atoms with Crippen molar-refractivity contribution in [2.45, 2.75) is 19.3 Å². The minimum absolute atomic E-state index is 0.105. The van der Waals surface area contributed by atoms with Crippen LogP contribution in [0.3, 0.4) is 0 Å². The summed E-state index contributed by atoms with van der Waals surface area (Å²) < 4.78 is 0. The van der Waals surface area contributed by atoms with Crippen LogP contribution in [0.1, 0.15) is 16.8 Å². The molecule has 1 aliphatic carbocycles. The highest BCUT2D eigenvalue weighted by molar-refractivity contribution is 7.13. The second-order valence-corrected chi connectivity index (χ2v) is 9.46. The third-order valence-corrected chi connectivity index (χ3v) is 7.05. The number of thiophene rings is 1. The predicted octanol–water partition coefficient (Wildman–Crippen LogP) is 5.89. The lowest BCUT2D eigenvalue weighted by Gasteiger charge is -2.21. The minimum atomic E-state index is -0.105. The van der Waals surface area contributed by atoms with Gasteiger partial charge in [0, 0.05) is 11.3 Å². The Balaban J connectivity index is 1.35. The van der Waals surface area contributed by atoms with Crippen LogP contribution in [0, 0.1) is 0 Å². The highest BCUT2D eigenvalue weighted by atomic mass is 32.1. The zero-order chi connectivity index (χ0) is 23.1. The van der Waals surface area contributed by atoms with E-state index in [-0.39, 0.29) is 12.3 Å². The first kappa shape index (κ1) is 20.6. The van der Waals surface area contributed by atoms with Crippen LogP contribution >= 0.6 is 11.3 Å². The van der Waals surface area contributed by atoms with E-state index in [9.17, 15) is 4.79 Å². The molecule has 0 radical (unpaired) electrons. The molecule has 6 heteroatoms. The Kier molecular flexibility index (Phi) is 5.08. The highest BCUT2D eigenvalue weighted by Crippen LogP contribution is 2.37. The van der Waals surface area contributed by atoms with Gasteiger partial charge in [-0.25, -0.2) is 9.97 Å². The summed E-state index contributed by atoms with van der Waals surface area (Å²) in [7, 11) is 0. The van der Waals surface area contributed by atoms with Crippen LogP contribution < -0.4 is 11.1 Å². The van der Waals surface area contributed by atoms with Crippen molar-refractivity contribution in [3.63, 3.8) is 0 Å². The molecule has 3 N–H and O–H groups in total. The van der Waals surface area contributed by atoms with Crippen molar-refractivity contribution in [1.29, 1.82) is 0 Å².